The van der Waals surface area contributed by atoms with Gasteiger partial charge in [-0.3, -0.25) is 0 Å². The van der Waals surface area contributed by atoms with Crippen LogP contribution in [-0.4, -0.2) is 9.16 Å². The minimum atomic E-state index is 0.135. The van der Waals surface area contributed by atoms with Crippen molar-refractivity contribution in [1.29, 1.82) is 0 Å². The summed E-state index contributed by atoms with van der Waals surface area (Å²) in [5.41, 5.74) is 0.583. The molecule has 3 nitrogen and oxygen atoms in total. The fourth-order valence-electron chi connectivity index (χ4n) is 0.783. The van der Waals surface area contributed by atoms with E-state index in [1.54, 1.807) is 6.07 Å². The fourth-order valence-corrected chi connectivity index (χ4v) is 1.12. The maximum atomic E-state index is 9.10. The van der Waals surface area contributed by atoms with Crippen molar-refractivity contribution in [2.24, 2.45) is 10.2 Å². The highest BCUT2D eigenvalue weighted by Gasteiger charge is 2.01. The minimum absolute atomic E-state index is 0.135. The molecule has 76 valence electrons. The van der Waals surface area contributed by atoms with Crippen LogP contribution in [0.5, 0.6) is 5.75 Å². The predicted molar refractivity (Wildman–Crippen MR) is 65.7 cm³/mol. The summed E-state index contributed by atoms with van der Waals surface area (Å²) in [6.45, 7) is 2.04. The summed E-state index contributed by atoms with van der Waals surface area (Å²) in [4.78, 5) is 0. The average molecular weight is 325 g/mol. The molecule has 14 heavy (non-hydrogen) atoms. The van der Waals surface area contributed by atoms with Crippen molar-refractivity contribution in [2.75, 3.05) is 0 Å². The first kappa shape index (κ1) is 11.7. The van der Waals surface area contributed by atoms with Crippen LogP contribution in [0.3, 0.4) is 0 Å². The Morgan fingerprint density at radius 3 is 2.86 bits per heavy atom. The van der Waals surface area contributed by atoms with Crippen molar-refractivity contribution in [3.63, 3.8) is 0 Å². The van der Waals surface area contributed by atoms with Crippen LogP contribution in [-0.2, 0) is 0 Å². The number of phenolic OH excluding ortho intramolecular Hbond substituents is 1. The van der Waals surface area contributed by atoms with E-state index in [4.69, 9.17) is 16.7 Å². The minimum Gasteiger partial charge on any atom is -0.508 e. The first-order valence-corrected chi connectivity index (χ1v) is 5.79. The van der Waals surface area contributed by atoms with Gasteiger partial charge in [0.05, 0.1) is 5.02 Å². The molecule has 0 spiro atoms. The SMILES string of the molecule is CCC(I)N=Nc1ccc(O)cc1Cl. The number of alkyl halides is 1. The highest BCUT2D eigenvalue weighted by molar-refractivity contribution is 14.1. The van der Waals surface area contributed by atoms with Crippen LogP contribution in [0.25, 0.3) is 0 Å². The van der Waals surface area contributed by atoms with E-state index in [9.17, 15) is 0 Å². The third-order valence-corrected chi connectivity index (χ3v) is 2.99. The smallest absolute Gasteiger partial charge is 0.122 e. The van der Waals surface area contributed by atoms with E-state index in [0.717, 1.165) is 6.42 Å². The van der Waals surface area contributed by atoms with Crippen LogP contribution in [0.15, 0.2) is 28.4 Å². The Kier molecular flexibility index (Phi) is 4.60. The Labute approximate surface area is 101 Å². The van der Waals surface area contributed by atoms with Gasteiger partial charge in [-0.15, -0.1) is 0 Å². The molecule has 0 bridgehead atoms. The lowest BCUT2D eigenvalue weighted by molar-refractivity contribution is 0.475. The first-order chi connectivity index (χ1) is 6.63. The van der Waals surface area contributed by atoms with E-state index in [0.29, 0.717) is 10.7 Å². The van der Waals surface area contributed by atoms with Gasteiger partial charge in [0.2, 0.25) is 0 Å². The molecule has 1 unspecified atom stereocenters. The number of rotatable bonds is 3. The Balaban J connectivity index is 2.82. The van der Waals surface area contributed by atoms with Gasteiger partial charge in [-0.2, -0.15) is 10.2 Å². The largest absolute Gasteiger partial charge is 0.508 e. The second kappa shape index (κ2) is 5.50. The van der Waals surface area contributed by atoms with Crippen LogP contribution < -0.4 is 0 Å². The predicted octanol–water partition coefficient (Wildman–Crippen LogP) is 4.30. The molecule has 0 radical (unpaired) electrons. The van der Waals surface area contributed by atoms with E-state index in [1.807, 2.05) is 6.92 Å². The van der Waals surface area contributed by atoms with E-state index in [1.165, 1.54) is 12.1 Å². The molecule has 0 aromatic heterocycles. The quantitative estimate of drug-likeness (QED) is 0.383. The molecule has 1 rings (SSSR count). The number of phenols is 1. The molecule has 0 aliphatic rings. The van der Waals surface area contributed by atoms with Crippen molar-refractivity contribution in [1.82, 2.24) is 0 Å². The molecular weight excluding hydrogens is 314 g/mol. The lowest BCUT2D eigenvalue weighted by atomic mass is 10.3. The zero-order valence-corrected chi connectivity index (χ0v) is 10.5. The van der Waals surface area contributed by atoms with Gasteiger partial charge in [0.25, 0.3) is 0 Å². The van der Waals surface area contributed by atoms with Gasteiger partial charge in [0.1, 0.15) is 15.5 Å². The van der Waals surface area contributed by atoms with Crippen LogP contribution >= 0.6 is 34.2 Å². The number of azo groups is 1. The van der Waals surface area contributed by atoms with Crippen molar-refractivity contribution in [2.45, 2.75) is 17.4 Å². The molecule has 0 saturated heterocycles. The molecule has 0 aliphatic heterocycles. The Morgan fingerprint density at radius 1 is 1.57 bits per heavy atom. The molecule has 0 heterocycles. The Morgan fingerprint density at radius 2 is 2.29 bits per heavy atom. The van der Waals surface area contributed by atoms with Crippen LogP contribution in [0.4, 0.5) is 5.69 Å². The normalized spacial score (nSPS) is 13.4. The number of nitrogens with zero attached hydrogens (tertiary/aromatic N) is 2. The van der Waals surface area contributed by atoms with E-state index in [2.05, 4.69) is 32.8 Å². The van der Waals surface area contributed by atoms with Crippen LogP contribution in [0.2, 0.25) is 5.02 Å². The van der Waals surface area contributed by atoms with Crippen LogP contribution in [0, 0.1) is 0 Å². The Bertz CT molecular complexity index is 344. The van der Waals surface area contributed by atoms with Gasteiger partial charge < -0.3 is 5.11 Å². The topological polar surface area (TPSA) is 45.0 Å². The zero-order chi connectivity index (χ0) is 10.6. The molecule has 0 fully saturated rings. The highest BCUT2D eigenvalue weighted by atomic mass is 127. The average Bonchev–Trinajstić information content (AvgIpc) is 2.16. The highest BCUT2D eigenvalue weighted by Crippen LogP contribution is 2.29. The lowest BCUT2D eigenvalue weighted by Crippen LogP contribution is -1.85. The number of halogens is 2. The number of hydrogen-bond donors (Lipinski definition) is 1. The maximum absolute atomic E-state index is 9.10. The molecule has 0 amide bonds. The third-order valence-electron chi connectivity index (χ3n) is 1.56. The second-order valence-corrected chi connectivity index (χ2v) is 4.54. The summed E-state index contributed by atoms with van der Waals surface area (Å²) >= 11 is 8.04. The molecule has 0 aliphatic carbocycles. The van der Waals surface area contributed by atoms with Crippen molar-refractivity contribution < 1.29 is 5.11 Å². The van der Waals surface area contributed by atoms with Gasteiger partial charge in [0.15, 0.2) is 0 Å². The van der Waals surface area contributed by atoms with E-state index in [-0.39, 0.29) is 9.80 Å². The first-order valence-electron chi connectivity index (χ1n) is 4.17. The summed E-state index contributed by atoms with van der Waals surface area (Å²) in [5, 5.41) is 17.6. The summed E-state index contributed by atoms with van der Waals surface area (Å²) < 4.78 is 0.164. The second-order valence-electron chi connectivity index (χ2n) is 2.69. The van der Waals surface area contributed by atoms with Crippen molar-refractivity contribution >= 4 is 39.9 Å². The van der Waals surface area contributed by atoms with Crippen molar-refractivity contribution in [3.05, 3.63) is 23.2 Å². The van der Waals surface area contributed by atoms with Gasteiger partial charge in [0, 0.05) is 6.07 Å². The standard InChI is InChI=1S/C9H10ClIN2O/c1-2-9(11)13-12-8-4-3-6(14)5-7(8)10/h3-5,9,14H,2H2,1H3. The summed E-state index contributed by atoms with van der Waals surface area (Å²) in [6, 6.07) is 4.62. The van der Waals surface area contributed by atoms with Gasteiger partial charge >= 0.3 is 0 Å². The van der Waals surface area contributed by atoms with Gasteiger partial charge in [-0.05, 0) is 18.6 Å². The third kappa shape index (κ3) is 3.42. The summed E-state index contributed by atoms with van der Waals surface area (Å²) in [7, 11) is 0. The number of aromatic hydroxyl groups is 1. The molecule has 1 N–H and O–H groups in total. The van der Waals surface area contributed by atoms with E-state index >= 15 is 0 Å². The molecule has 0 saturated carbocycles. The Hall–Kier alpha value is -0.360. The lowest BCUT2D eigenvalue weighted by Gasteiger charge is -1.99. The molecule has 1 aromatic rings. The molecule has 1 atom stereocenters. The molecule has 1 aromatic carbocycles. The zero-order valence-electron chi connectivity index (χ0n) is 7.61. The summed E-state index contributed by atoms with van der Waals surface area (Å²) in [5.74, 6) is 0.135. The molecule has 5 heteroatoms. The van der Waals surface area contributed by atoms with Crippen molar-refractivity contribution in [3.8, 4) is 5.75 Å². The van der Waals surface area contributed by atoms with Gasteiger partial charge in [-0.25, -0.2) is 0 Å². The summed E-state index contributed by atoms with van der Waals surface area (Å²) in [6.07, 6.45) is 0.930. The maximum Gasteiger partial charge on any atom is 0.122 e. The van der Waals surface area contributed by atoms with E-state index < -0.39 is 0 Å². The monoisotopic (exact) mass is 324 g/mol. The number of benzene rings is 1. The van der Waals surface area contributed by atoms with Crippen LogP contribution in [0.1, 0.15) is 13.3 Å². The number of hydrogen-bond acceptors (Lipinski definition) is 3. The molecular formula is C9H10ClIN2O. The van der Waals surface area contributed by atoms with Gasteiger partial charge in [-0.1, -0.05) is 41.1 Å². The fraction of sp³-hybridized carbons (Fsp3) is 0.333.